The molecule has 0 bridgehead atoms. The molecule has 3 aromatic rings. The molecule has 172 valence electrons. The monoisotopic (exact) mass is 446 g/mol. The first-order valence-electron chi connectivity index (χ1n) is 11.2. The highest BCUT2D eigenvalue weighted by molar-refractivity contribution is 5.94. The zero-order chi connectivity index (χ0) is 23.3. The first kappa shape index (κ1) is 23.9. The molecule has 6 heteroatoms. The van der Waals surface area contributed by atoms with Gasteiger partial charge in [-0.3, -0.25) is 4.79 Å². The molecule has 0 saturated heterocycles. The summed E-state index contributed by atoms with van der Waals surface area (Å²) in [6.45, 7) is 5.64. The molecule has 1 amide bonds. The van der Waals surface area contributed by atoms with Gasteiger partial charge in [-0.25, -0.2) is 5.43 Å². The summed E-state index contributed by atoms with van der Waals surface area (Å²) in [7, 11) is 0. The Morgan fingerprint density at radius 1 is 0.879 bits per heavy atom. The highest BCUT2D eigenvalue weighted by atomic mass is 16.5. The van der Waals surface area contributed by atoms with E-state index < -0.39 is 0 Å². The molecule has 0 heterocycles. The number of carbonyl (C=O) groups excluding carboxylic acids is 1. The van der Waals surface area contributed by atoms with E-state index in [1.807, 2.05) is 55.5 Å². The van der Waals surface area contributed by atoms with E-state index in [9.17, 15) is 4.79 Å². The lowest BCUT2D eigenvalue weighted by Gasteiger charge is -2.13. The number of hydrazone groups is 1. The van der Waals surface area contributed by atoms with E-state index in [1.54, 1.807) is 18.3 Å². The van der Waals surface area contributed by atoms with E-state index in [-0.39, 0.29) is 5.91 Å². The average molecular weight is 447 g/mol. The van der Waals surface area contributed by atoms with Crippen LogP contribution in [0.3, 0.4) is 0 Å². The molecule has 3 aromatic carbocycles. The van der Waals surface area contributed by atoms with Crippen LogP contribution < -0.4 is 19.6 Å². The lowest BCUT2D eigenvalue weighted by Crippen LogP contribution is -2.17. The van der Waals surface area contributed by atoms with Crippen molar-refractivity contribution in [3.05, 3.63) is 89.5 Å². The molecule has 0 aromatic heterocycles. The van der Waals surface area contributed by atoms with Crippen molar-refractivity contribution >= 4 is 12.1 Å². The molecule has 0 unspecified atom stereocenters. The van der Waals surface area contributed by atoms with E-state index in [0.717, 1.165) is 24.2 Å². The molecule has 0 spiro atoms. The number of carbonyl (C=O) groups is 1. The van der Waals surface area contributed by atoms with Gasteiger partial charge >= 0.3 is 0 Å². The smallest absolute Gasteiger partial charge is 0.271 e. The van der Waals surface area contributed by atoms with Gasteiger partial charge in [-0.15, -0.1) is 0 Å². The summed E-state index contributed by atoms with van der Waals surface area (Å²) in [5, 5.41) is 4.04. The number of nitrogens with zero attached hydrogens (tertiary/aromatic N) is 1. The van der Waals surface area contributed by atoms with Gasteiger partial charge in [0.15, 0.2) is 11.5 Å². The SMILES string of the molecule is CCOc1cc(/C=N\NC(=O)c2ccccc2)ccc1OCCCOc1ccc(CC)cc1. The van der Waals surface area contributed by atoms with Crippen molar-refractivity contribution in [2.75, 3.05) is 19.8 Å². The second-order valence-electron chi connectivity index (χ2n) is 7.25. The van der Waals surface area contributed by atoms with Gasteiger partial charge in [0.2, 0.25) is 0 Å². The minimum atomic E-state index is -0.264. The number of benzene rings is 3. The summed E-state index contributed by atoms with van der Waals surface area (Å²) in [5.74, 6) is 1.90. The van der Waals surface area contributed by atoms with E-state index in [2.05, 4.69) is 29.6 Å². The fraction of sp³-hybridized carbons (Fsp3) is 0.259. The van der Waals surface area contributed by atoms with Gasteiger partial charge in [0, 0.05) is 12.0 Å². The van der Waals surface area contributed by atoms with Crippen LogP contribution in [-0.4, -0.2) is 31.9 Å². The Kier molecular flexibility index (Phi) is 9.33. The maximum atomic E-state index is 12.1. The van der Waals surface area contributed by atoms with Crippen LogP contribution in [0, 0.1) is 0 Å². The summed E-state index contributed by atoms with van der Waals surface area (Å²) < 4.78 is 17.4. The zero-order valence-electron chi connectivity index (χ0n) is 19.1. The van der Waals surface area contributed by atoms with Crippen molar-refractivity contribution in [1.82, 2.24) is 5.43 Å². The van der Waals surface area contributed by atoms with Crippen molar-refractivity contribution in [2.45, 2.75) is 26.7 Å². The van der Waals surface area contributed by atoms with Gasteiger partial charge in [-0.1, -0.05) is 37.3 Å². The predicted molar refractivity (Wildman–Crippen MR) is 131 cm³/mol. The summed E-state index contributed by atoms with van der Waals surface area (Å²) in [5.41, 5.74) is 5.16. The van der Waals surface area contributed by atoms with Crippen molar-refractivity contribution in [2.24, 2.45) is 5.10 Å². The molecular weight excluding hydrogens is 416 g/mol. The van der Waals surface area contributed by atoms with Gasteiger partial charge in [-0.2, -0.15) is 5.10 Å². The normalized spacial score (nSPS) is 10.7. The van der Waals surface area contributed by atoms with Crippen molar-refractivity contribution in [1.29, 1.82) is 0 Å². The third kappa shape index (κ3) is 7.68. The second-order valence-corrected chi connectivity index (χ2v) is 7.25. The number of hydrogen-bond donors (Lipinski definition) is 1. The lowest BCUT2D eigenvalue weighted by molar-refractivity contribution is 0.0955. The molecular formula is C27H30N2O4. The molecule has 3 rings (SSSR count). The molecule has 33 heavy (non-hydrogen) atoms. The second kappa shape index (κ2) is 12.9. The molecule has 0 fully saturated rings. The van der Waals surface area contributed by atoms with E-state index in [1.165, 1.54) is 5.56 Å². The zero-order valence-corrected chi connectivity index (χ0v) is 19.1. The van der Waals surface area contributed by atoms with Crippen LogP contribution in [0.25, 0.3) is 0 Å². The molecule has 0 atom stereocenters. The van der Waals surface area contributed by atoms with Crippen LogP contribution in [0.5, 0.6) is 17.2 Å². The number of nitrogens with one attached hydrogen (secondary N) is 1. The first-order chi connectivity index (χ1) is 16.2. The standard InChI is InChI=1S/C27H30N2O4/c1-3-21-11-14-24(15-12-21)32-17-8-18-33-25-16-13-22(19-26(25)31-4-2)20-28-29-27(30)23-9-6-5-7-10-23/h5-7,9-16,19-20H,3-4,8,17-18H2,1-2H3,(H,29,30)/b28-20-. The Hall–Kier alpha value is -3.80. The number of aryl methyl sites for hydroxylation is 1. The summed E-state index contributed by atoms with van der Waals surface area (Å²) in [6, 6.07) is 22.6. The molecule has 0 radical (unpaired) electrons. The summed E-state index contributed by atoms with van der Waals surface area (Å²) >= 11 is 0. The molecule has 0 aliphatic rings. The third-order valence-electron chi connectivity index (χ3n) is 4.83. The van der Waals surface area contributed by atoms with Crippen molar-refractivity contribution in [3.8, 4) is 17.2 Å². The van der Waals surface area contributed by atoms with E-state index in [4.69, 9.17) is 14.2 Å². The van der Waals surface area contributed by atoms with E-state index in [0.29, 0.717) is 36.9 Å². The highest BCUT2D eigenvalue weighted by Gasteiger charge is 2.07. The first-order valence-corrected chi connectivity index (χ1v) is 11.2. The Labute approximate surface area is 195 Å². The fourth-order valence-corrected chi connectivity index (χ4v) is 3.06. The Bertz CT molecular complexity index is 1030. The van der Waals surface area contributed by atoms with Gasteiger partial charge in [-0.05, 0) is 66.9 Å². The highest BCUT2D eigenvalue weighted by Crippen LogP contribution is 2.28. The third-order valence-corrected chi connectivity index (χ3v) is 4.83. The van der Waals surface area contributed by atoms with Gasteiger partial charge in [0.1, 0.15) is 5.75 Å². The van der Waals surface area contributed by atoms with Crippen LogP contribution in [-0.2, 0) is 6.42 Å². The van der Waals surface area contributed by atoms with Crippen molar-refractivity contribution < 1.29 is 19.0 Å². The minimum absolute atomic E-state index is 0.264. The maximum absolute atomic E-state index is 12.1. The summed E-state index contributed by atoms with van der Waals surface area (Å²) in [6.07, 6.45) is 3.34. The Morgan fingerprint density at radius 3 is 2.36 bits per heavy atom. The van der Waals surface area contributed by atoms with Crippen LogP contribution in [0.2, 0.25) is 0 Å². The van der Waals surface area contributed by atoms with Crippen LogP contribution >= 0.6 is 0 Å². The Balaban J connectivity index is 1.48. The quantitative estimate of drug-likeness (QED) is 0.234. The number of amides is 1. The van der Waals surface area contributed by atoms with Gasteiger partial charge < -0.3 is 14.2 Å². The molecule has 0 aliphatic heterocycles. The number of hydrogen-bond acceptors (Lipinski definition) is 5. The lowest BCUT2D eigenvalue weighted by atomic mass is 10.2. The van der Waals surface area contributed by atoms with Crippen LogP contribution in [0.4, 0.5) is 0 Å². The minimum Gasteiger partial charge on any atom is -0.493 e. The number of rotatable bonds is 12. The topological polar surface area (TPSA) is 69.2 Å². The molecule has 0 aliphatic carbocycles. The average Bonchev–Trinajstić information content (AvgIpc) is 2.86. The van der Waals surface area contributed by atoms with Crippen LogP contribution in [0.15, 0.2) is 77.9 Å². The predicted octanol–water partition coefficient (Wildman–Crippen LogP) is 5.26. The van der Waals surface area contributed by atoms with Crippen LogP contribution in [0.1, 0.15) is 41.8 Å². The molecule has 1 N–H and O–H groups in total. The van der Waals surface area contributed by atoms with Gasteiger partial charge in [0.25, 0.3) is 5.91 Å². The molecule has 0 saturated carbocycles. The van der Waals surface area contributed by atoms with E-state index >= 15 is 0 Å². The Morgan fingerprint density at radius 2 is 1.64 bits per heavy atom. The largest absolute Gasteiger partial charge is 0.493 e. The number of ether oxygens (including phenoxy) is 3. The van der Waals surface area contributed by atoms with Crippen molar-refractivity contribution in [3.63, 3.8) is 0 Å². The van der Waals surface area contributed by atoms with Gasteiger partial charge in [0.05, 0.1) is 26.0 Å². The maximum Gasteiger partial charge on any atom is 0.271 e. The summed E-state index contributed by atoms with van der Waals surface area (Å²) in [4.78, 5) is 12.1. The fourth-order valence-electron chi connectivity index (χ4n) is 3.06. The molecule has 6 nitrogen and oxygen atoms in total.